The molecule has 0 bridgehead atoms. The Bertz CT molecular complexity index is 787. The predicted molar refractivity (Wildman–Crippen MR) is 70.6 cm³/mol. The van der Waals surface area contributed by atoms with E-state index in [9.17, 15) is 0 Å². The van der Waals surface area contributed by atoms with Crippen LogP contribution in [0.2, 0.25) is 5.02 Å². The average molecular weight is 270 g/mol. The van der Waals surface area contributed by atoms with Crippen molar-refractivity contribution in [3.8, 4) is 6.07 Å². The van der Waals surface area contributed by atoms with Gasteiger partial charge in [-0.3, -0.25) is 4.98 Å². The number of hydrogen-bond acceptors (Lipinski definition) is 4. The van der Waals surface area contributed by atoms with Crippen LogP contribution in [-0.4, -0.2) is 19.7 Å². The summed E-state index contributed by atoms with van der Waals surface area (Å²) in [6, 6.07) is 9.42. The van der Waals surface area contributed by atoms with Gasteiger partial charge in [0.25, 0.3) is 5.82 Å². The number of pyridine rings is 1. The van der Waals surface area contributed by atoms with Crippen LogP contribution in [-0.2, 0) is 6.54 Å². The summed E-state index contributed by atoms with van der Waals surface area (Å²) in [5, 5.41) is 14.3. The summed E-state index contributed by atoms with van der Waals surface area (Å²) in [6.07, 6.45) is 3.26. The van der Waals surface area contributed by atoms with E-state index in [-0.39, 0.29) is 5.82 Å². The van der Waals surface area contributed by atoms with Crippen LogP contribution in [0.4, 0.5) is 0 Å². The zero-order valence-electron chi connectivity index (χ0n) is 9.79. The standard InChI is InChI=1S/C13H8ClN5/c14-11-4-3-9(13-10(11)2-1-5-16-13)7-19-8-17-12(6-15)18-19/h1-5,8H,7H2. The number of rotatable bonds is 2. The Morgan fingerprint density at radius 3 is 2.95 bits per heavy atom. The first-order chi connectivity index (χ1) is 9.28. The van der Waals surface area contributed by atoms with Crippen LogP contribution in [0.3, 0.4) is 0 Å². The second-order valence-corrected chi connectivity index (χ2v) is 4.39. The lowest BCUT2D eigenvalue weighted by molar-refractivity contribution is 0.685. The summed E-state index contributed by atoms with van der Waals surface area (Å²) < 4.78 is 1.61. The summed E-state index contributed by atoms with van der Waals surface area (Å²) in [4.78, 5) is 8.23. The molecule has 19 heavy (non-hydrogen) atoms. The molecule has 0 unspecified atom stereocenters. The highest BCUT2D eigenvalue weighted by Crippen LogP contribution is 2.25. The highest BCUT2D eigenvalue weighted by Gasteiger charge is 2.07. The number of aromatic nitrogens is 4. The Labute approximate surface area is 114 Å². The highest BCUT2D eigenvalue weighted by molar-refractivity contribution is 6.35. The maximum Gasteiger partial charge on any atom is 0.252 e. The molecule has 0 N–H and O–H groups in total. The molecule has 0 atom stereocenters. The van der Waals surface area contributed by atoms with Gasteiger partial charge < -0.3 is 0 Å². The molecule has 3 aromatic rings. The third-order valence-corrected chi connectivity index (χ3v) is 3.10. The molecule has 0 saturated heterocycles. The number of fused-ring (bicyclic) bond motifs is 1. The first kappa shape index (κ1) is 11.6. The summed E-state index contributed by atoms with van der Waals surface area (Å²) >= 11 is 6.14. The fourth-order valence-electron chi connectivity index (χ4n) is 1.92. The van der Waals surface area contributed by atoms with Gasteiger partial charge >= 0.3 is 0 Å². The van der Waals surface area contributed by atoms with Gasteiger partial charge in [0, 0.05) is 16.6 Å². The summed E-state index contributed by atoms with van der Waals surface area (Å²) in [5.74, 6) is 0.159. The lowest BCUT2D eigenvalue weighted by atomic mass is 10.1. The van der Waals surface area contributed by atoms with Gasteiger partial charge in [-0.1, -0.05) is 17.7 Å². The van der Waals surface area contributed by atoms with E-state index in [2.05, 4.69) is 15.1 Å². The molecule has 5 nitrogen and oxygen atoms in total. The summed E-state index contributed by atoms with van der Waals surface area (Å²) in [5.41, 5.74) is 1.82. The second-order valence-electron chi connectivity index (χ2n) is 3.98. The van der Waals surface area contributed by atoms with Gasteiger partial charge in [-0.25, -0.2) is 9.67 Å². The van der Waals surface area contributed by atoms with Crippen LogP contribution < -0.4 is 0 Å². The zero-order chi connectivity index (χ0) is 13.2. The normalized spacial score (nSPS) is 10.5. The topological polar surface area (TPSA) is 67.4 Å². The SMILES string of the molecule is N#Cc1ncn(Cc2ccc(Cl)c3cccnc23)n1. The van der Waals surface area contributed by atoms with Crippen molar-refractivity contribution in [3.63, 3.8) is 0 Å². The Kier molecular flexibility index (Phi) is 2.86. The minimum atomic E-state index is 0.159. The number of halogens is 1. The minimum absolute atomic E-state index is 0.159. The highest BCUT2D eigenvalue weighted by atomic mass is 35.5. The minimum Gasteiger partial charge on any atom is -0.256 e. The van der Waals surface area contributed by atoms with E-state index in [1.165, 1.54) is 6.33 Å². The molecular weight excluding hydrogens is 262 g/mol. The van der Waals surface area contributed by atoms with Crippen molar-refractivity contribution in [3.05, 3.63) is 53.2 Å². The fourth-order valence-corrected chi connectivity index (χ4v) is 2.14. The second kappa shape index (κ2) is 4.67. The van der Waals surface area contributed by atoms with Gasteiger partial charge in [-0.15, -0.1) is 5.10 Å². The van der Waals surface area contributed by atoms with Gasteiger partial charge in [0.15, 0.2) is 0 Å². The fraction of sp³-hybridized carbons (Fsp3) is 0.0769. The smallest absolute Gasteiger partial charge is 0.252 e. The zero-order valence-corrected chi connectivity index (χ0v) is 10.5. The Morgan fingerprint density at radius 2 is 2.16 bits per heavy atom. The van der Waals surface area contributed by atoms with E-state index in [1.807, 2.05) is 30.3 Å². The van der Waals surface area contributed by atoms with E-state index < -0.39 is 0 Å². The quantitative estimate of drug-likeness (QED) is 0.716. The molecular formula is C13H8ClN5. The molecule has 0 aliphatic carbocycles. The third-order valence-electron chi connectivity index (χ3n) is 2.77. The number of benzene rings is 1. The van der Waals surface area contributed by atoms with Crippen molar-refractivity contribution in [1.29, 1.82) is 5.26 Å². The van der Waals surface area contributed by atoms with Gasteiger partial charge in [0.1, 0.15) is 12.4 Å². The van der Waals surface area contributed by atoms with Gasteiger partial charge in [-0.2, -0.15) is 5.26 Å². The first-order valence-corrected chi connectivity index (χ1v) is 5.97. The van der Waals surface area contributed by atoms with Crippen LogP contribution in [0.1, 0.15) is 11.4 Å². The largest absolute Gasteiger partial charge is 0.256 e. The van der Waals surface area contributed by atoms with Crippen LogP contribution in [0, 0.1) is 11.3 Å². The molecule has 0 aliphatic rings. The molecule has 0 saturated carbocycles. The Balaban J connectivity index is 2.06. The van der Waals surface area contributed by atoms with Crippen LogP contribution in [0.5, 0.6) is 0 Å². The monoisotopic (exact) mass is 269 g/mol. The van der Waals surface area contributed by atoms with Crippen molar-refractivity contribution < 1.29 is 0 Å². The molecule has 0 spiro atoms. The lowest BCUT2D eigenvalue weighted by Gasteiger charge is -2.06. The van der Waals surface area contributed by atoms with Crippen molar-refractivity contribution in [2.75, 3.05) is 0 Å². The van der Waals surface area contributed by atoms with Crippen molar-refractivity contribution in [2.24, 2.45) is 0 Å². The van der Waals surface area contributed by atoms with Gasteiger partial charge in [-0.05, 0) is 23.8 Å². The average Bonchev–Trinajstić information content (AvgIpc) is 2.90. The first-order valence-electron chi connectivity index (χ1n) is 5.59. The molecule has 1 aromatic carbocycles. The predicted octanol–water partition coefficient (Wildman–Crippen LogP) is 2.40. The molecule has 0 fully saturated rings. The van der Waals surface area contributed by atoms with E-state index in [1.54, 1.807) is 10.9 Å². The summed E-state index contributed by atoms with van der Waals surface area (Å²) in [6.45, 7) is 0.499. The van der Waals surface area contributed by atoms with E-state index in [4.69, 9.17) is 16.9 Å². The number of nitriles is 1. The molecule has 2 aromatic heterocycles. The molecule has 0 radical (unpaired) electrons. The lowest BCUT2D eigenvalue weighted by Crippen LogP contribution is -2.02. The summed E-state index contributed by atoms with van der Waals surface area (Å²) in [7, 11) is 0. The van der Waals surface area contributed by atoms with Gasteiger partial charge in [0.05, 0.1) is 12.1 Å². The number of hydrogen-bond donors (Lipinski definition) is 0. The maximum absolute atomic E-state index is 8.71. The van der Waals surface area contributed by atoms with E-state index >= 15 is 0 Å². The van der Waals surface area contributed by atoms with Crippen molar-refractivity contribution in [1.82, 2.24) is 19.7 Å². The molecule has 92 valence electrons. The van der Waals surface area contributed by atoms with Crippen LogP contribution in [0.15, 0.2) is 36.8 Å². The van der Waals surface area contributed by atoms with Crippen LogP contribution in [0.25, 0.3) is 10.9 Å². The van der Waals surface area contributed by atoms with Crippen molar-refractivity contribution in [2.45, 2.75) is 6.54 Å². The molecule has 0 amide bonds. The molecule has 3 rings (SSSR count). The maximum atomic E-state index is 8.71. The molecule has 2 heterocycles. The molecule has 0 aliphatic heterocycles. The van der Waals surface area contributed by atoms with Crippen LogP contribution >= 0.6 is 11.6 Å². The molecule has 6 heteroatoms. The Morgan fingerprint density at radius 1 is 1.26 bits per heavy atom. The third kappa shape index (κ3) is 2.14. The van der Waals surface area contributed by atoms with Crippen molar-refractivity contribution >= 4 is 22.5 Å². The van der Waals surface area contributed by atoms with E-state index in [0.29, 0.717) is 11.6 Å². The number of nitrogens with zero attached hydrogens (tertiary/aromatic N) is 5. The Hall–Kier alpha value is -2.45. The van der Waals surface area contributed by atoms with E-state index in [0.717, 1.165) is 16.5 Å². The van der Waals surface area contributed by atoms with Gasteiger partial charge in [0.2, 0.25) is 0 Å².